The molecular formula is C9H21NO2S. The van der Waals surface area contributed by atoms with E-state index in [2.05, 4.69) is 26.1 Å². The molecule has 0 saturated heterocycles. The maximum atomic E-state index is 11.1. The van der Waals surface area contributed by atoms with E-state index in [4.69, 9.17) is 0 Å². The molecule has 80 valence electrons. The molecule has 0 spiro atoms. The average Bonchev–Trinajstić information content (AvgIpc) is 1.97. The van der Waals surface area contributed by atoms with E-state index >= 15 is 0 Å². The normalized spacial score (nSPS) is 13.2. The number of nitrogens with one attached hydrogen (secondary N) is 1. The molecule has 0 aromatic rings. The Balaban J connectivity index is 3.59. The molecule has 1 N–H and O–H groups in total. The molecule has 0 aromatic carbocycles. The van der Waals surface area contributed by atoms with Gasteiger partial charge >= 0.3 is 0 Å². The van der Waals surface area contributed by atoms with Crippen LogP contribution in [-0.2, 0) is 9.84 Å². The second-order valence-corrected chi connectivity index (χ2v) is 6.95. The Kier molecular flexibility index (Phi) is 4.92. The maximum absolute atomic E-state index is 11.1. The van der Waals surface area contributed by atoms with Crippen LogP contribution in [0.15, 0.2) is 0 Å². The van der Waals surface area contributed by atoms with Gasteiger partial charge in [-0.15, -0.1) is 0 Å². The molecule has 3 nitrogen and oxygen atoms in total. The molecular weight excluding hydrogens is 186 g/mol. The Morgan fingerprint density at radius 1 is 1.23 bits per heavy atom. The molecule has 0 fully saturated rings. The molecule has 0 aliphatic rings. The van der Waals surface area contributed by atoms with Crippen LogP contribution in [0.4, 0.5) is 0 Å². The van der Waals surface area contributed by atoms with Gasteiger partial charge < -0.3 is 5.32 Å². The molecule has 4 heteroatoms. The SMILES string of the molecule is CCS(=O)(=O)CCNCC(C)(C)C. The summed E-state index contributed by atoms with van der Waals surface area (Å²) in [5.41, 5.74) is 0.218. The monoisotopic (exact) mass is 207 g/mol. The molecule has 0 aliphatic heterocycles. The molecule has 0 aliphatic carbocycles. The van der Waals surface area contributed by atoms with Crippen LogP contribution >= 0.6 is 0 Å². The first kappa shape index (κ1) is 12.9. The van der Waals surface area contributed by atoms with Crippen molar-refractivity contribution in [3.8, 4) is 0 Å². The summed E-state index contributed by atoms with van der Waals surface area (Å²) in [6.45, 7) is 9.45. The summed E-state index contributed by atoms with van der Waals surface area (Å²) < 4.78 is 22.2. The Labute approximate surface area is 81.8 Å². The lowest BCUT2D eigenvalue weighted by atomic mass is 9.97. The van der Waals surface area contributed by atoms with Crippen LogP contribution in [0, 0.1) is 5.41 Å². The fraction of sp³-hybridized carbons (Fsp3) is 1.00. The van der Waals surface area contributed by atoms with Gasteiger partial charge in [0.05, 0.1) is 5.75 Å². The number of rotatable bonds is 5. The molecule has 0 aromatic heterocycles. The van der Waals surface area contributed by atoms with E-state index < -0.39 is 9.84 Å². The minimum atomic E-state index is -2.80. The summed E-state index contributed by atoms with van der Waals surface area (Å²) in [5.74, 6) is 0.490. The molecule has 0 unspecified atom stereocenters. The van der Waals surface area contributed by atoms with Gasteiger partial charge in [-0.05, 0) is 5.41 Å². The van der Waals surface area contributed by atoms with Crippen LogP contribution in [0.3, 0.4) is 0 Å². The smallest absolute Gasteiger partial charge is 0.151 e. The molecule has 0 saturated carbocycles. The van der Waals surface area contributed by atoms with Gasteiger partial charge in [0.15, 0.2) is 9.84 Å². The summed E-state index contributed by atoms with van der Waals surface area (Å²) in [7, 11) is -2.80. The first-order valence-corrected chi connectivity index (χ1v) is 6.50. The molecule has 0 atom stereocenters. The van der Waals surface area contributed by atoms with Crippen LogP contribution in [0.25, 0.3) is 0 Å². The van der Waals surface area contributed by atoms with Crippen molar-refractivity contribution in [1.82, 2.24) is 5.32 Å². The largest absolute Gasteiger partial charge is 0.315 e. The lowest BCUT2D eigenvalue weighted by molar-refractivity contribution is 0.385. The number of hydrogen-bond donors (Lipinski definition) is 1. The number of sulfone groups is 1. The van der Waals surface area contributed by atoms with Crippen LogP contribution in [-0.4, -0.2) is 33.0 Å². The maximum Gasteiger partial charge on any atom is 0.151 e. The molecule has 0 amide bonds. The quantitative estimate of drug-likeness (QED) is 0.686. The van der Waals surface area contributed by atoms with Gasteiger partial charge in [-0.25, -0.2) is 8.42 Å². The van der Waals surface area contributed by atoms with Gasteiger partial charge in [-0.2, -0.15) is 0 Å². The van der Waals surface area contributed by atoms with E-state index in [-0.39, 0.29) is 16.9 Å². The van der Waals surface area contributed by atoms with E-state index in [0.717, 1.165) is 6.54 Å². The third-order valence-corrected chi connectivity index (χ3v) is 3.39. The van der Waals surface area contributed by atoms with Crippen LogP contribution in [0.2, 0.25) is 0 Å². The predicted octanol–water partition coefficient (Wildman–Crippen LogP) is 1.06. The summed E-state index contributed by atoms with van der Waals surface area (Å²) in [6.07, 6.45) is 0. The first-order chi connectivity index (χ1) is 5.77. The average molecular weight is 207 g/mol. The van der Waals surface area contributed by atoms with Crippen molar-refractivity contribution in [2.75, 3.05) is 24.6 Å². The molecule has 0 heterocycles. The highest BCUT2D eigenvalue weighted by molar-refractivity contribution is 7.91. The minimum absolute atomic E-state index is 0.218. The van der Waals surface area contributed by atoms with E-state index in [1.807, 2.05) is 0 Å². The van der Waals surface area contributed by atoms with Crippen molar-refractivity contribution in [2.45, 2.75) is 27.7 Å². The fourth-order valence-electron chi connectivity index (χ4n) is 0.835. The van der Waals surface area contributed by atoms with E-state index in [9.17, 15) is 8.42 Å². The zero-order chi connectivity index (χ0) is 10.5. The van der Waals surface area contributed by atoms with Crippen molar-refractivity contribution in [3.63, 3.8) is 0 Å². The Morgan fingerprint density at radius 3 is 2.15 bits per heavy atom. The highest BCUT2D eigenvalue weighted by atomic mass is 32.2. The van der Waals surface area contributed by atoms with E-state index in [1.165, 1.54) is 0 Å². The van der Waals surface area contributed by atoms with Gasteiger partial charge in [-0.3, -0.25) is 0 Å². The zero-order valence-electron chi connectivity index (χ0n) is 9.05. The summed E-state index contributed by atoms with van der Waals surface area (Å²) in [5, 5.41) is 3.14. The predicted molar refractivity (Wildman–Crippen MR) is 56.7 cm³/mol. The van der Waals surface area contributed by atoms with E-state index in [0.29, 0.717) is 6.54 Å². The first-order valence-electron chi connectivity index (χ1n) is 4.68. The second kappa shape index (κ2) is 4.96. The highest BCUT2D eigenvalue weighted by Gasteiger charge is 2.10. The Hall–Kier alpha value is -0.0900. The summed E-state index contributed by atoms with van der Waals surface area (Å²) in [6, 6.07) is 0. The molecule has 0 rings (SSSR count). The van der Waals surface area contributed by atoms with Crippen molar-refractivity contribution >= 4 is 9.84 Å². The van der Waals surface area contributed by atoms with Gasteiger partial charge in [0, 0.05) is 18.8 Å². The zero-order valence-corrected chi connectivity index (χ0v) is 9.87. The van der Waals surface area contributed by atoms with Gasteiger partial charge in [0.25, 0.3) is 0 Å². The van der Waals surface area contributed by atoms with Gasteiger partial charge in [0.1, 0.15) is 0 Å². The van der Waals surface area contributed by atoms with Gasteiger partial charge in [-0.1, -0.05) is 27.7 Å². The van der Waals surface area contributed by atoms with Crippen LogP contribution < -0.4 is 5.32 Å². The Bertz CT molecular complexity index is 226. The second-order valence-electron chi connectivity index (χ2n) is 4.47. The van der Waals surface area contributed by atoms with Crippen molar-refractivity contribution in [1.29, 1.82) is 0 Å². The summed E-state index contributed by atoms with van der Waals surface area (Å²) in [4.78, 5) is 0. The van der Waals surface area contributed by atoms with Gasteiger partial charge in [0.2, 0.25) is 0 Å². The minimum Gasteiger partial charge on any atom is -0.315 e. The molecule has 0 radical (unpaired) electrons. The Morgan fingerprint density at radius 2 is 1.77 bits per heavy atom. The summed E-state index contributed by atoms with van der Waals surface area (Å²) >= 11 is 0. The van der Waals surface area contributed by atoms with Crippen molar-refractivity contribution in [2.24, 2.45) is 5.41 Å². The van der Waals surface area contributed by atoms with Crippen molar-refractivity contribution in [3.05, 3.63) is 0 Å². The third kappa shape index (κ3) is 8.25. The molecule has 0 bridgehead atoms. The topological polar surface area (TPSA) is 46.2 Å². The third-order valence-electron chi connectivity index (χ3n) is 1.68. The van der Waals surface area contributed by atoms with Crippen LogP contribution in [0.1, 0.15) is 27.7 Å². The fourth-order valence-corrected chi connectivity index (χ4v) is 1.58. The highest BCUT2D eigenvalue weighted by Crippen LogP contribution is 2.09. The lowest BCUT2D eigenvalue weighted by Crippen LogP contribution is -2.31. The number of hydrogen-bond acceptors (Lipinski definition) is 3. The van der Waals surface area contributed by atoms with E-state index in [1.54, 1.807) is 6.92 Å². The van der Waals surface area contributed by atoms with Crippen LogP contribution in [0.5, 0.6) is 0 Å². The molecule has 13 heavy (non-hydrogen) atoms. The van der Waals surface area contributed by atoms with Crippen molar-refractivity contribution < 1.29 is 8.42 Å². The lowest BCUT2D eigenvalue weighted by Gasteiger charge is -2.18. The standard InChI is InChI=1S/C9H21NO2S/c1-5-13(11,12)7-6-10-8-9(2,3)4/h10H,5-8H2,1-4H3.